The quantitative estimate of drug-likeness (QED) is 0.505. The van der Waals surface area contributed by atoms with Gasteiger partial charge in [-0.3, -0.25) is 4.79 Å². The largest absolute Gasteiger partial charge is 0.339 e. The summed E-state index contributed by atoms with van der Waals surface area (Å²) < 4.78 is 33.7. The molecule has 2 aromatic heterocycles. The Balaban J connectivity index is 1.06. The number of carbonyl (C=O) groups is 1. The molecule has 4 heterocycles. The fourth-order valence-corrected chi connectivity index (χ4v) is 5.56. The van der Waals surface area contributed by atoms with Crippen molar-refractivity contribution in [3.8, 4) is 0 Å². The number of anilines is 2. The molecule has 2 N–H and O–H groups in total. The standard InChI is InChI=1S/C27H32F2N8O2/c1-15-9-19(22(29)10-21(15)28)20-13-37(14-23(20)30)26-31-11-17(12-32-26)25(38)35(2)18-5-7-36(8-6-18)27-33-24(34-39-27)16-3-4-16/h9-12,16,18,20,23H,3-8,13-14,30H2,1-2H3/t20-,23+/m1/s1. The van der Waals surface area contributed by atoms with E-state index in [2.05, 4.69) is 25.0 Å². The fraction of sp³-hybridized carbons (Fsp3) is 0.519. The predicted molar refractivity (Wildman–Crippen MR) is 140 cm³/mol. The number of hydrogen-bond donors (Lipinski definition) is 1. The van der Waals surface area contributed by atoms with Crippen LogP contribution in [0.2, 0.25) is 0 Å². The van der Waals surface area contributed by atoms with Crippen LogP contribution in [-0.2, 0) is 0 Å². The summed E-state index contributed by atoms with van der Waals surface area (Å²) >= 11 is 0. The first-order valence-corrected chi connectivity index (χ1v) is 13.4. The molecule has 0 bridgehead atoms. The normalized spacial score (nSPS) is 22.0. The van der Waals surface area contributed by atoms with Gasteiger partial charge in [0.15, 0.2) is 5.82 Å². The first-order chi connectivity index (χ1) is 18.8. The number of halogens is 2. The molecule has 10 nitrogen and oxygen atoms in total. The highest BCUT2D eigenvalue weighted by Crippen LogP contribution is 2.39. The highest BCUT2D eigenvalue weighted by atomic mass is 19.1. The highest BCUT2D eigenvalue weighted by Gasteiger charge is 2.35. The molecular formula is C27H32F2N8O2. The number of aryl methyl sites for hydroxylation is 1. The van der Waals surface area contributed by atoms with E-state index in [0.29, 0.717) is 47.7 Å². The van der Waals surface area contributed by atoms with E-state index in [1.807, 2.05) is 4.90 Å². The molecule has 1 aromatic carbocycles. The molecule has 0 unspecified atom stereocenters. The number of rotatable bonds is 6. The monoisotopic (exact) mass is 538 g/mol. The molecule has 6 rings (SSSR count). The first-order valence-electron chi connectivity index (χ1n) is 13.4. The zero-order valence-electron chi connectivity index (χ0n) is 22.1. The number of hydrogen-bond acceptors (Lipinski definition) is 9. The van der Waals surface area contributed by atoms with E-state index >= 15 is 0 Å². The number of piperidine rings is 1. The van der Waals surface area contributed by atoms with Crippen LogP contribution in [-0.4, -0.2) is 76.2 Å². The highest BCUT2D eigenvalue weighted by molar-refractivity contribution is 5.93. The second-order valence-corrected chi connectivity index (χ2v) is 10.9. The van der Waals surface area contributed by atoms with Crippen LogP contribution in [0.15, 0.2) is 29.0 Å². The van der Waals surface area contributed by atoms with Crippen LogP contribution in [0, 0.1) is 18.6 Å². The van der Waals surface area contributed by atoms with Crippen LogP contribution in [0.1, 0.15) is 64.8 Å². The van der Waals surface area contributed by atoms with E-state index in [0.717, 1.165) is 50.7 Å². The Hall–Kier alpha value is -3.67. The number of nitrogens with zero attached hydrogens (tertiary/aromatic N) is 7. The number of amides is 1. The summed E-state index contributed by atoms with van der Waals surface area (Å²) in [7, 11) is 1.80. The maximum absolute atomic E-state index is 14.5. The van der Waals surface area contributed by atoms with Gasteiger partial charge in [0.05, 0.1) is 5.56 Å². The Bertz CT molecular complexity index is 1350. The van der Waals surface area contributed by atoms with Crippen molar-refractivity contribution >= 4 is 17.9 Å². The van der Waals surface area contributed by atoms with Gasteiger partial charge in [-0.05, 0) is 49.8 Å². The second-order valence-electron chi connectivity index (χ2n) is 10.9. The zero-order valence-corrected chi connectivity index (χ0v) is 22.1. The summed E-state index contributed by atoms with van der Waals surface area (Å²) in [5.41, 5.74) is 7.50. The van der Waals surface area contributed by atoms with Gasteiger partial charge in [0.2, 0.25) is 5.95 Å². The van der Waals surface area contributed by atoms with E-state index in [-0.39, 0.29) is 23.9 Å². The van der Waals surface area contributed by atoms with Gasteiger partial charge in [-0.1, -0.05) is 5.16 Å². The van der Waals surface area contributed by atoms with Crippen molar-refractivity contribution < 1.29 is 18.1 Å². The third kappa shape index (κ3) is 5.05. The lowest BCUT2D eigenvalue weighted by molar-refractivity contribution is 0.0707. The van der Waals surface area contributed by atoms with Crippen LogP contribution >= 0.6 is 0 Å². The minimum Gasteiger partial charge on any atom is -0.339 e. The minimum absolute atomic E-state index is 0.0747. The molecule has 0 spiro atoms. The van der Waals surface area contributed by atoms with Crippen molar-refractivity contribution in [3.63, 3.8) is 0 Å². The maximum atomic E-state index is 14.5. The molecule has 39 heavy (non-hydrogen) atoms. The van der Waals surface area contributed by atoms with Gasteiger partial charge in [-0.2, -0.15) is 4.98 Å². The van der Waals surface area contributed by atoms with Crippen molar-refractivity contribution in [2.45, 2.75) is 56.5 Å². The molecule has 2 aliphatic heterocycles. The van der Waals surface area contributed by atoms with E-state index in [1.165, 1.54) is 18.5 Å². The van der Waals surface area contributed by atoms with Crippen LogP contribution in [0.25, 0.3) is 0 Å². The Morgan fingerprint density at radius 1 is 1.05 bits per heavy atom. The van der Waals surface area contributed by atoms with Gasteiger partial charge in [-0.15, -0.1) is 0 Å². The molecule has 12 heteroatoms. The smallest absolute Gasteiger partial charge is 0.324 e. The van der Waals surface area contributed by atoms with Gasteiger partial charge in [-0.25, -0.2) is 18.7 Å². The van der Waals surface area contributed by atoms with Gasteiger partial charge < -0.3 is 25.0 Å². The minimum atomic E-state index is -0.601. The Morgan fingerprint density at radius 2 is 1.77 bits per heavy atom. The fourth-order valence-electron chi connectivity index (χ4n) is 5.56. The molecule has 2 atom stereocenters. The van der Waals surface area contributed by atoms with Crippen molar-refractivity contribution in [3.05, 3.63) is 58.7 Å². The lowest BCUT2D eigenvalue weighted by atomic mass is 9.93. The molecular weight excluding hydrogens is 506 g/mol. The Labute approximate surface area is 225 Å². The topological polar surface area (TPSA) is 118 Å². The van der Waals surface area contributed by atoms with Gasteiger partial charge in [0.25, 0.3) is 5.91 Å². The molecule has 3 aromatic rings. The predicted octanol–water partition coefficient (Wildman–Crippen LogP) is 3.00. The summed E-state index contributed by atoms with van der Waals surface area (Å²) in [5, 5.41) is 4.10. The van der Waals surface area contributed by atoms with E-state index in [4.69, 9.17) is 10.3 Å². The average molecular weight is 539 g/mol. The van der Waals surface area contributed by atoms with Gasteiger partial charge in [0, 0.05) is 75.6 Å². The van der Waals surface area contributed by atoms with Crippen LogP contribution in [0.5, 0.6) is 0 Å². The molecule has 0 radical (unpaired) electrons. The van der Waals surface area contributed by atoms with Crippen molar-refractivity contribution in [2.24, 2.45) is 5.73 Å². The first kappa shape index (κ1) is 25.6. The lowest BCUT2D eigenvalue weighted by Gasteiger charge is -2.35. The van der Waals surface area contributed by atoms with Gasteiger partial charge >= 0.3 is 6.01 Å². The molecule has 3 aliphatic rings. The summed E-state index contributed by atoms with van der Waals surface area (Å²) in [6.07, 6.45) is 6.87. The van der Waals surface area contributed by atoms with Crippen LogP contribution in [0.4, 0.5) is 20.7 Å². The Morgan fingerprint density at radius 3 is 2.46 bits per heavy atom. The summed E-state index contributed by atoms with van der Waals surface area (Å²) in [5.74, 6) is 0.0246. The SMILES string of the molecule is Cc1cc([C@H]2CN(c3ncc(C(=O)N(C)C4CCN(c5nc(C6CC6)no5)CC4)cn3)C[C@@H]2N)c(F)cc1F. The van der Waals surface area contributed by atoms with E-state index in [9.17, 15) is 13.6 Å². The summed E-state index contributed by atoms with van der Waals surface area (Å²) in [4.78, 5) is 32.3. The molecule has 206 valence electrons. The van der Waals surface area contributed by atoms with Gasteiger partial charge in [0.1, 0.15) is 11.6 Å². The van der Waals surface area contributed by atoms with Crippen molar-refractivity contribution in [1.29, 1.82) is 0 Å². The number of aromatic nitrogens is 4. The molecule has 3 fully saturated rings. The lowest BCUT2D eigenvalue weighted by Crippen LogP contribution is -2.45. The van der Waals surface area contributed by atoms with Crippen LogP contribution < -0.4 is 15.5 Å². The molecule has 1 saturated carbocycles. The number of benzene rings is 1. The average Bonchev–Trinajstić information content (AvgIpc) is 3.55. The molecule has 1 amide bonds. The maximum Gasteiger partial charge on any atom is 0.324 e. The zero-order chi connectivity index (χ0) is 27.3. The second kappa shape index (κ2) is 10.1. The third-order valence-electron chi connectivity index (χ3n) is 8.19. The van der Waals surface area contributed by atoms with Crippen LogP contribution in [0.3, 0.4) is 0 Å². The van der Waals surface area contributed by atoms with E-state index in [1.54, 1.807) is 18.9 Å². The van der Waals surface area contributed by atoms with E-state index < -0.39 is 11.6 Å². The van der Waals surface area contributed by atoms with Crippen molar-refractivity contribution in [1.82, 2.24) is 25.0 Å². The summed E-state index contributed by atoms with van der Waals surface area (Å²) in [6, 6.07) is 2.71. The third-order valence-corrected chi connectivity index (χ3v) is 8.19. The number of nitrogens with two attached hydrogens (primary N) is 1. The number of carbonyl (C=O) groups excluding carboxylic acids is 1. The molecule has 2 saturated heterocycles. The summed E-state index contributed by atoms with van der Waals surface area (Å²) in [6.45, 7) is 3.89. The Kier molecular flexibility index (Phi) is 6.66. The van der Waals surface area contributed by atoms with Crippen molar-refractivity contribution in [2.75, 3.05) is 43.0 Å². The molecule has 1 aliphatic carbocycles.